The number of anilines is 1. The molecular formula is C25H26Cl2N2O3. The summed E-state index contributed by atoms with van der Waals surface area (Å²) in [4.78, 5) is 12.2. The van der Waals surface area contributed by atoms with E-state index >= 15 is 0 Å². The smallest absolute Gasteiger partial charge is 0.262 e. The molecule has 0 heterocycles. The quantitative estimate of drug-likeness (QED) is 0.373. The summed E-state index contributed by atoms with van der Waals surface area (Å²) in [7, 11) is 1.58. The lowest BCUT2D eigenvalue weighted by molar-refractivity contribution is -0.118. The topological polar surface area (TPSA) is 59.6 Å². The third-order valence-electron chi connectivity index (χ3n) is 4.84. The lowest BCUT2D eigenvalue weighted by Gasteiger charge is -2.13. The van der Waals surface area contributed by atoms with Crippen LogP contribution in [0.15, 0.2) is 60.7 Å². The lowest BCUT2D eigenvalue weighted by atomic mass is 10.1. The Hall–Kier alpha value is -2.73. The van der Waals surface area contributed by atoms with Gasteiger partial charge in [-0.1, -0.05) is 53.0 Å². The van der Waals surface area contributed by atoms with Gasteiger partial charge < -0.3 is 20.1 Å². The lowest BCUT2D eigenvalue weighted by Crippen LogP contribution is -2.20. The van der Waals surface area contributed by atoms with Crippen molar-refractivity contribution in [1.29, 1.82) is 0 Å². The number of amides is 1. The van der Waals surface area contributed by atoms with Crippen LogP contribution in [0, 0.1) is 6.92 Å². The molecule has 0 fully saturated rings. The van der Waals surface area contributed by atoms with Crippen molar-refractivity contribution in [2.75, 3.05) is 25.6 Å². The number of ether oxygens (including phenoxy) is 2. The summed E-state index contributed by atoms with van der Waals surface area (Å²) in [6.07, 6.45) is 0.796. The highest BCUT2D eigenvalue weighted by molar-refractivity contribution is 6.35. The molecule has 3 aromatic rings. The van der Waals surface area contributed by atoms with E-state index in [4.69, 9.17) is 32.7 Å². The molecule has 0 saturated heterocycles. The van der Waals surface area contributed by atoms with Crippen molar-refractivity contribution < 1.29 is 14.3 Å². The molecule has 1 amide bonds. The van der Waals surface area contributed by atoms with Crippen molar-refractivity contribution in [2.45, 2.75) is 19.9 Å². The monoisotopic (exact) mass is 472 g/mol. The van der Waals surface area contributed by atoms with E-state index in [1.165, 1.54) is 0 Å². The summed E-state index contributed by atoms with van der Waals surface area (Å²) in [6.45, 7) is 3.32. The molecule has 3 rings (SSSR count). The van der Waals surface area contributed by atoms with Gasteiger partial charge in [-0.2, -0.15) is 0 Å². The number of carbonyl (C=O) groups excluding carboxylic acids is 1. The molecule has 0 spiro atoms. The van der Waals surface area contributed by atoms with Crippen LogP contribution in [0.1, 0.15) is 16.7 Å². The highest BCUT2D eigenvalue weighted by atomic mass is 35.5. The third kappa shape index (κ3) is 7.16. The molecule has 5 nitrogen and oxygen atoms in total. The predicted molar refractivity (Wildman–Crippen MR) is 130 cm³/mol. The number of hydrogen-bond acceptors (Lipinski definition) is 4. The van der Waals surface area contributed by atoms with E-state index in [1.807, 2.05) is 61.5 Å². The van der Waals surface area contributed by atoms with Gasteiger partial charge in [0.05, 0.1) is 7.11 Å². The van der Waals surface area contributed by atoms with E-state index < -0.39 is 0 Å². The minimum Gasteiger partial charge on any atom is -0.493 e. The third-order valence-corrected chi connectivity index (χ3v) is 5.42. The summed E-state index contributed by atoms with van der Waals surface area (Å²) < 4.78 is 11.1. The van der Waals surface area contributed by atoms with Crippen molar-refractivity contribution in [3.8, 4) is 11.5 Å². The maximum atomic E-state index is 12.2. The summed E-state index contributed by atoms with van der Waals surface area (Å²) in [5.41, 5.74) is 3.96. The fourth-order valence-electron chi connectivity index (χ4n) is 3.10. The fraction of sp³-hybridized carbons (Fsp3) is 0.240. The molecule has 0 radical (unpaired) electrons. The van der Waals surface area contributed by atoms with Crippen molar-refractivity contribution in [2.24, 2.45) is 0 Å². The number of benzene rings is 3. The van der Waals surface area contributed by atoms with Crippen LogP contribution in [-0.4, -0.2) is 26.2 Å². The molecule has 0 aliphatic carbocycles. The second kappa shape index (κ2) is 11.8. The van der Waals surface area contributed by atoms with Gasteiger partial charge in [0.25, 0.3) is 5.91 Å². The first kappa shape index (κ1) is 23.9. The number of nitrogens with one attached hydrogen (secondary N) is 2. The van der Waals surface area contributed by atoms with Crippen LogP contribution in [0.2, 0.25) is 10.0 Å². The highest BCUT2D eigenvalue weighted by Crippen LogP contribution is 2.28. The predicted octanol–water partition coefficient (Wildman–Crippen LogP) is 5.66. The van der Waals surface area contributed by atoms with Crippen molar-refractivity contribution in [3.05, 3.63) is 87.4 Å². The Morgan fingerprint density at radius 1 is 0.969 bits per heavy atom. The van der Waals surface area contributed by atoms with Gasteiger partial charge in [0.1, 0.15) is 0 Å². The van der Waals surface area contributed by atoms with E-state index in [1.54, 1.807) is 13.2 Å². The number of halogens is 2. The molecule has 0 aliphatic heterocycles. The molecule has 0 atom stereocenters. The Labute approximate surface area is 198 Å². The zero-order valence-electron chi connectivity index (χ0n) is 18.1. The van der Waals surface area contributed by atoms with Gasteiger partial charge in [-0.3, -0.25) is 4.79 Å². The molecule has 0 saturated carbocycles. The van der Waals surface area contributed by atoms with E-state index in [0.29, 0.717) is 28.1 Å². The average Bonchev–Trinajstić information content (AvgIpc) is 2.78. The second-order valence-corrected chi connectivity index (χ2v) is 8.19. The Balaban J connectivity index is 1.48. The van der Waals surface area contributed by atoms with Crippen LogP contribution in [0.25, 0.3) is 0 Å². The Morgan fingerprint density at radius 3 is 2.47 bits per heavy atom. The van der Waals surface area contributed by atoms with Crippen molar-refractivity contribution in [1.82, 2.24) is 5.32 Å². The van der Waals surface area contributed by atoms with Gasteiger partial charge in [-0.15, -0.1) is 0 Å². The molecule has 168 valence electrons. The van der Waals surface area contributed by atoms with Crippen molar-refractivity contribution >= 4 is 34.8 Å². The number of carbonyl (C=O) groups is 1. The van der Waals surface area contributed by atoms with Gasteiger partial charge in [0, 0.05) is 22.3 Å². The van der Waals surface area contributed by atoms with Crippen LogP contribution in [0.4, 0.5) is 5.69 Å². The number of methoxy groups -OCH3 is 1. The number of rotatable bonds is 10. The van der Waals surface area contributed by atoms with E-state index in [2.05, 4.69) is 10.6 Å². The van der Waals surface area contributed by atoms with Gasteiger partial charge >= 0.3 is 0 Å². The van der Waals surface area contributed by atoms with E-state index in [9.17, 15) is 4.79 Å². The molecule has 0 unspecified atom stereocenters. The second-order valence-electron chi connectivity index (χ2n) is 7.35. The molecule has 2 N–H and O–H groups in total. The van der Waals surface area contributed by atoms with E-state index in [0.717, 1.165) is 35.3 Å². The van der Waals surface area contributed by atoms with Crippen molar-refractivity contribution in [3.63, 3.8) is 0 Å². The van der Waals surface area contributed by atoms with Gasteiger partial charge in [0.15, 0.2) is 18.1 Å². The fourth-order valence-corrected chi connectivity index (χ4v) is 3.60. The minimum absolute atomic E-state index is 0.107. The molecule has 32 heavy (non-hydrogen) atoms. The highest BCUT2D eigenvalue weighted by Gasteiger charge is 2.09. The van der Waals surface area contributed by atoms with Gasteiger partial charge in [-0.25, -0.2) is 0 Å². The summed E-state index contributed by atoms with van der Waals surface area (Å²) in [5.74, 6) is 0.860. The first-order valence-corrected chi connectivity index (χ1v) is 11.0. The molecule has 0 bridgehead atoms. The van der Waals surface area contributed by atoms with Crippen LogP contribution in [-0.2, 0) is 17.8 Å². The average molecular weight is 473 g/mol. The SMILES string of the molecule is COc1cc(CNCCc2ccc(Cl)cc2Cl)ccc1OCC(=O)Nc1ccc(C)cc1. The largest absolute Gasteiger partial charge is 0.493 e. The maximum Gasteiger partial charge on any atom is 0.262 e. The Morgan fingerprint density at radius 2 is 1.75 bits per heavy atom. The van der Waals surface area contributed by atoms with Crippen LogP contribution < -0.4 is 20.1 Å². The first-order valence-electron chi connectivity index (χ1n) is 10.3. The maximum absolute atomic E-state index is 12.2. The zero-order chi connectivity index (χ0) is 22.9. The van der Waals surface area contributed by atoms with E-state index in [-0.39, 0.29) is 12.5 Å². The Kier molecular flexibility index (Phi) is 8.80. The summed E-state index contributed by atoms with van der Waals surface area (Å²) in [6, 6.07) is 18.8. The van der Waals surface area contributed by atoms with Gasteiger partial charge in [-0.05, 0) is 67.4 Å². The van der Waals surface area contributed by atoms with Crippen LogP contribution >= 0.6 is 23.2 Å². The number of hydrogen-bond donors (Lipinski definition) is 2. The zero-order valence-corrected chi connectivity index (χ0v) is 19.6. The minimum atomic E-state index is -0.234. The number of aryl methyl sites for hydroxylation is 1. The first-order chi connectivity index (χ1) is 15.4. The molecule has 3 aromatic carbocycles. The Bertz CT molecular complexity index is 1060. The molecule has 0 aromatic heterocycles. The van der Waals surface area contributed by atoms with Gasteiger partial charge in [0.2, 0.25) is 0 Å². The molecular weight excluding hydrogens is 447 g/mol. The summed E-state index contributed by atoms with van der Waals surface area (Å²) >= 11 is 12.2. The van der Waals surface area contributed by atoms with Crippen LogP contribution in [0.3, 0.4) is 0 Å². The normalized spacial score (nSPS) is 10.6. The molecule has 7 heteroatoms. The summed E-state index contributed by atoms with van der Waals surface area (Å²) in [5, 5.41) is 7.51. The standard InChI is InChI=1S/C25H26Cl2N2O3/c1-17-3-8-21(9-4-17)29-25(30)16-32-23-10-5-18(13-24(23)31-2)15-28-12-11-19-6-7-20(26)14-22(19)27/h3-10,13-14,28H,11-12,15-16H2,1-2H3,(H,29,30). The van der Waals surface area contributed by atoms with Crippen LogP contribution in [0.5, 0.6) is 11.5 Å². The molecule has 0 aliphatic rings.